The van der Waals surface area contributed by atoms with Gasteiger partial charge in [-0.3, -0.25) is 4.68 Å². The monoisotopic (exact) mass is 390 g/mol. The molecule has 1 aromatic carbocycles. The zero-order valence-electron chi connectivity index (χ0n) is 14.2. The molecule has 8 heteroatoms. The number of alkyl halides is 3. The molecule has 1 aliphatic carbocycles. The molecule has 1 aromatic heterocycles. The molecule has 0 aliphatic heterocycles. The SMILES string of the molecule is FC(F)(F)c1cccc(CNC(=S)N=c2ccn(C3C=CCC=C3)nc2)c1. The number of allylic oxidation sites excluding steroid dienone is 4. The van der Waals surface area contributed by atoms with E-state index in [9.17, 15) is 13.2 Å². The first kappa shape index (κ1) is 19.0. The van der Waals surface area contributed by atoms with Gasteiger partial charge in [0, 0.05) is 12.7 Å². The van der Waals surface area contributed by atoms with Crippen LogP contribution in [0.3, 0.4) is 0 Å². The third-order valence-electron chi connectivity index (χ3n) is 3.89. The summed E-state index contributed by atoms with van der Waals surface area (Å²) >= 11 is 5.14. The molecule has 1 aliphatic rings. The third kappa shape index (κ3) is 5.37. The fourth-order valence-corrected chi connectivity index (χ4v) is 2.73. The van der Waals surface area contributed by atoms with Gasteiger partial charge in [0.2, 0.25) is 0 Å². The highest BCUT2D eigenvalue weighted by Gasteiger charge is 2.30. The first-order valence-corrected chi connectivity index (χ1v) is 8.69. The second-order valence-corrected chi connectivity index (χ2v) is 6.30. The maximum atomic E-state index is 12.7. The highest BCUT2D eigenvalue weighted by atomic mass is 32.1. The first-order valence-electron chi connectivity index (χ1n) is 8.28. The van der Waals surface area contributed by atoms with Gasteiger partial charge in [-0.15, -0.1) is 0 Å². The molecule has 4 nitrogen and oxygen atoms in total. The lowest BCUT2D eigenvalue weighted by Gasteiger charge is -2.13. The van der Waals surface area contributed by atoms with Crippen LogP contribution >= 0.6 is 12.2 Å². The van der Waals surface area contributed by atoms with Gasteiger partial charge in [-0.25, -0.2) is 4.99 Å². The number of aromatic nitrogens is 2. The largest absolute Gasteiger partial charge is 0.416 e. The Morgan fingerprint density at radius 3 is 2.70 bits per heavy atom. The molecule has 1 heterocycles. The van der Waals surface area contributed by atoms with Gasteiger partial charge in [0.25, 0.3) is 0 Å². The molecule has 3 rings (SSSR count). The molecule has 0 fully saturated rings. The fourth-order valence-electron chi connectivity index (χ4n) is 2.55. The van der Waals surface area contributed by atoms with Crippen LogP contribution in [-0.2, 0) is 12.7 Å². The Kier molecular flexibility index (Phi) is 5.85. The minimum Gasteiger partial charge on any atom is -0.357 e. The van der Waals surface area contributed by atoms with Crippen molar-refractivity contribution in [3.05, 3.63) is 83.5 Å². The van der Waals surface area contributed by atoms with Gasteiger partial charge in [-0.05, 0) is 42.4 Å². The zero-order valence-corrected chi connectivity index (χ0v) is 15.0. The van der Waals surface area contributed by atoms with Gasteiger partial charge in [0.15, 0.2) is 5.11 Å². The second-order valence-electron chi connectivity index (χ2n) is 5.92. The minimum atomic E-state index is -4.37. The van der Waals surface area contributed by atoms with Gasteiger partial charge in [0.1, 0.15) is 0 Å². The summed E-state index contributed by atoms with van der Waals surface area (Å²) in [5.41, 5.74) is -0.213. The average molecular weight is 390 g/mol. The second kappa shape index (κ2) is 8.30. The van der Waals surface area contributed by atoms with Crippen LogP contribution in [0.25, 0.3) is 0 Å². The van der Waals surface area contributed by atoms with E-state index in [2.05, 4.69) is 39.7 Å². The highest BCUT2D eigenvalue weighted by molar-refractivity contribution is 7.80. The van der Waals surface area contributed by atoms with Crippen molar-refractivity contribution in [2.45, 2.75) is 25.2 Å². The summed E-state index contributed by atoms with van der Waals surface area (Å²) in [5, 5.41) is 7.92. The smallest absolute Gasteiger partial charge is 0.357 e. The van der Waals surface area contributed by atoms with Crippen LogP contribution < -0.4 is 10.7 Å². The molecule has 0 unspecified atom stereocenters. The van der Waals surface area contributed by atoms with Crippen molar-refractivity contribution in [1.82, 2.24) is 15.1 Å². The van der Waals surface area contributed by atoms with Crippen molar-refractivity contribution in [2.75, 3.05) is 0 Å². The Labute approximate surface area is 159 Å². The van der Waals surface area contributed by atoms with Crippen molar-refractivity contribution >= 4 is 17.3 Å². The van der Waals surface area contributed by atoms with E-state index in [-0.39, 0.29) is 17.7 Å². The van der Waals surface area contributed by atoms with Crippen molar-refractivity contribution in [1.29, 1.82) is 0 Å². The van der Waals surface area contributed by atoms with Crippen molar-refractivity contribution in [3.63, 3.8) is 0 Å². The quantitative estimate of drug-likeness (QED) is 0.638. The molecule has 0 bridgehead atoms. The summed E-state index contributed by atoms with van der Waals surface area (Å²) in [6.07, 6.45) is 8.23. The minimum absolute atomic E-state index is 0.0822. The van der Waals surface area contributed by atoms with Gasteiger partial charge < -0.3 is 5.32 Å². The van der Waals surface area contributed by atoms with Crippen molar-refractivity contribution in [2.24, 2.45) is 4.99 Å². The molecule has 27 heavy (non-hydrogen) atoms. The van der Waals surface area contributed by atoms with E-state index in [1.807, 2.05) is 0 Å². The molecule has 0 saturated carbocycles. The Hall–Kier alpha value is -2.74. The maximum absolute atomic E-state index is 12.7. The highest BCUT2D eigenvalue weighted by Crippen LogP contribution is 2.29. The standard InChI is InChI=1S/C19H17F3N4S/c20-19(21,22)15-6-4-5-14(11-15)12-23-18(27)25-16-9-10-26(24-13-16)17-7-2-1-3-8-17/h2-11,13,17H,1,12H2,(H,23,27). The molecule has 140 valence electrons. The number of benzene rings is 1. The number of nitrogens with zero attached hydrogens (tertiary/aromatic N) is 3. The summed E-state index contributed by atoms with van der Waals surface area (Å²) in [5.74, 6) is 0. The number of hydrogen-bond donors (Lipinski definition) is 1. The normalized spacial score (nSPS) is 15.1. The molecule has 0 saturated heterocycles. The number of nitrogens with one attached hydrogen (secondary N) is 1. The van der Waals surface area contributed by atoms with Gasteiger partial charge >= 0.3 is 6.18 Å². The fraction of sp³-hybridized carbons (Fsp3) is 0.211. The van der Waals surface area contributed by atoms with Crippen LogP contribution in [0.5, 0.6) is 0 Å². The van der Waals surface area contributed by atoms with Gasteiger partial charge in [-0.1, -0.05) is 36.4 Å². The summed E-state index contributed by atoms with van der Waals surface area (Å²) in [6, 6.07) is 6.96. The van der Waals surface area contributed by atoms with E-state index in [0.717, 1.165) is 18.6 Å². The molecular formula is C19H17F3N4S. The van der Waals surface area contributed by atoms with Gasteiger partial charge in [-0.2, -0.15) is 18.3 Å². The molecule has 0 amide bonds. The van der Waals surface area contributed by atoms with Crippen LogP contribution in [0, 0.1) is 0 Å². The maximum Gasteiger partial charge on any atom is 0.416 e. The molecule has 0 spiro atoms. The van der Waals surface area contributed by atoms with Gasteiger partial charge in [0.05, 0.1) is 23.2 Å². The van der Waals surface area contributed by atoms with Crippen LogP contribution in [-0.4, -0.2) is 14.9 Å². The predicted molar refractivity (Wildman–Crippen MR) is 101 cm³/mol. The number of hydrogen-bond acceptors (Lipinski definition) is 2. The molecule has 2 aromatic rings. The summed E-state index contributed by atoms with van der Waals surface area (Å²) in [7, 11) is 0. The number of halogens is 3. The topological polar surface area (TPSA) is 42.2 Å². The van der Waals surface area contributed by atoms with Crippen LogP contribution in [0.2, 0.25) is 0 Å². The van der Waals surface area contributed by atoms with Crippen molar-refractivity contribution < 1.29 is 13.2 Å². The first-order chi connectivity index (χ1) is 12.9. The lowest BCUT2D eigenvalue weighted by Crippen LogP contribution is -2.22. The number of thiocarbonyl (C=S) groups is 1. The summed E-state index contributed by atoms with van der Waals surface area (Å²) < 4.78 is 40.0. The molecule has 1 N–H and O–H groups in total. The summed E-state index contributed by atoms with van der Waals surface area (Å²) in [6.45, 7) is 0.157. The average Bonchev–Trinajstić information content (AvgIpc) is 2.67. The Morgan fingerprint density at radius 2 is 2.04 bits per heavy atom. The Morgan fingerprint density at radius 1 is 1.26 bits per heavy atom. The predicted octanol–water partition coefficient (Wildman–Crippen LogP) is 3.93. The van der Waals surface area contributed by atoms with E-state index in [0.29, 0.717) is 10.9 Å². The Bertz CT molecular complexity index is 912. The molecule has 0 radical (unpaired) electrons. The third-order valence-corrected chi connectivity index (χ3v) is 4.13. The van der Waals surface area contributed by atoms with Crippen LogP contribution in [0.15, 0.2) is 72.0 Å². The van der Waals surface area contributed by atoms with Crippen LogP contribution in [0.4, 0.5) is 13.2 Å². The molecular weight excluding hydrogens is 373 g/mol. The van der Waals surface area contributed by atoms with E-state index in [1.165, 1.54) is 6.07 Å². The lowest BCUT2D eigenvalue weighted by molar-refractivity contribution is -0.137. The molecule has 0 atom stereocenters. The zero-order chi connectivity index (χ0) is 19.3. The van der Waals surface area contributed by atoms with E-state index < -0.39 is 11.7 Å². The lowest BCUT2D eigenvalue weighted by atomic mass is 10.1. The summed E-state index contributed by atoms with van der Waals surface area (Å²) in [4.78, 5) is 4.22. The van der Waals surface area contributed by atoms with E-state index in [1.54, 1.807) is 29.2 Å². The van der Waals surface area contributed by atoms with E-state index >= 15 is 0 Å². The number of rotatable bonds is 3. The van der Waals surface area contributed by atoms with Crippen molar-refractivity contribution in [3.8, 4) is 0 Å². The Balaban J connectivity index is 1.62. The van der Waals surface area contributed by atoms with Crippen LogP contribution in [0.1, 0.15) is 23.6 Å². The van der Waals surface area contributed by atoms with E-state index in [4.69, 9.17) is 12.2 Å².